The minimum Gasteiger partial charge on any atom is -0.478 e. The summed E-state index contributed by atoms with van der Waals surface area (Å²) >= 11 is 0. The van der Waals surface area contributed by atoms with E-state index < -0.39 is 24.0 Å². The van der Waals surface area contributed by atoms with Gasteiger partial charge in [-0.3, -0.25) is 4.79 Å². The summed E-state index contributed by atoms with van der Waals surface area (Å²) in [6, 6.07) is 19.8. The van der Waals surface area contributed by atoms with Crippen molar-refractivity contribution in [2.24, 2.45) is 0 Å². The first kappa shape index (κ1) is 22.1. The van der Waals surface area contributed by atoms with Crippen LogP contribution in [-0.4, -0.2) is 35.7 Å². The zero-order chi connectivity index (χ0) is 23.5. The van der Waals surface area contributed by atoms with Gasteiger partial charge in [0.05, 0.1) is 5.56 Å². The zero-order valence-corrected chi connectivity index (χ0v) is 18.3. The van der Waals surface area contributed by atoms with Crippen LogP contribution >= 0.6 is 0 Å². The molecule has 0 radical (unpaired) electrons. The first-order valence-corrected chi connectivity index (χ1v) is 10.6. The van der Waals surface area contributed by atoms with Crippen LogP contribution in [0.3, 0.4) is 0 Å². The Hall–Kier alpha value is -4.13. The van der Waals surface area contributed by atoms with E-state index in [0.29, 0.717) is 11.3 Å². The molecule has 33 heavy (non-hydrogen) atoms. The molecule has 0 heterocycles. The van der Waals surface area contributed by atoms with Crippen LogP contribution in [-0.2, 0) is 9.53 Å². The number of rotatable bonds is 6. The second kappa shape index (κ2) is 9.16. The lowest BCUT2D eigenvalue weighted by Crippen LogP contribution is -2.42. The molecule has 1 atom stereocenters. The molecule has 7 heteroatoms. The van der Waals surface area contributed by atoms with Gasteiger partial charge in [0.15, 0.2) is 0 Å². The minimum absolute atomic E-state index is 0.0753. The number of carboxylic acid groups (broad SMARTS) is 1. The summed E-state index contributed by atoms with van der Waals surface area (Å²) < 4.78 is 5.48. The van der Waals surface area contributed by atoms with Crippen LogP contribution in [0.1, 0.15) is 39.9 Å². The van der Waals surface area contributed by atoms with E-state index in [4.69, 9.17) is 4.74 Å². The molecule has 3 aromatic rings. The fourth-order valence-electron chi connectivity index (χ4n) is 4.13. The third-order valence-corrected chi connectivity index (χ3v) is 5.89. The standard InChI is InChI=1S/C26H24N2O5/c1-15-17(25(30)31)12-7-13-23(15)28-24(29)16(2)27-26(32)33-14-22-20-10-5-3-8-18(20)19-9-4-6-11-21(19)22/h3-13,16,22H,14H2,1-2H3,(H,27,32)(H,28,29)(H,30,31)/t16-/m0/s1. The molecule has 3 N–H and O–H groups in total. The van der Waals surface area contributed by atoms with Crippen LogP contribution in [0, 0.1) is 6.92 Å². The van der Waals surface area contributed by atoms with Gasteiger partial charge in [-0.05, 0) is 53.8 Å². The molecule has 0 fully saturated rings. The van der Waals surface area contributed by atoms with Crippen LogP contribution in [0.25, 0.3) is 11.1 Å². The zero-order valence-electron chi connectivity index (χ0n) is 18.3. The van der Waals surface area contributed by atoms with Crippen molar-refractivity contribution in [1.29, 1.82) is 0 Å². The molecule has 0 saturated heterocycles. The number of aromatic carboxylic acids is 1. The molecule has 0 saturated carbocycles. The number of carbonyl (C=O) groups is 3. The van der Waals surface area contributed by atoms with Crippen molar-refractivity contribution in [3.63, 3.8) is 0 Å². The summed E-state index contributed by atoms with van der Waals surface area (Å²) in [5.41, 5.74) is 5.39. The molecular formula is C26H24N2O5. The van der Waals surface area contributed by atoms with Gasteiger partial charge in [0.2, 0.25) is 5.91 Å². The molecule has 1 aliphatic carbocycles. The molecule has 1 aliphatic rings. The Kier molecular flexibility index (Phi) is 6.13. The SMILES string of the molecule is Cc1c(NC(=O)[C@H](C)NC(=O)OCC2c3ccccc3-c3ccccc32)cccc1C(=O)O. The van der Waals surface area contributed by atoms with Gasteiger partial charge < -0.3 is 20.5 Å². The average Bonchev–Trinajstić information content (AvgIpc) is 3.12. The highest BCUT2D eigenvalue weighted by molar-refractivity contribution is 5.99. The van der Waals surface area contributed by atoms with Gasteiger partial charge in [0, 0.05) is 11.6 Å². The topological polar surface area (TPSA) is 105 Å². The summed E-state index contributed by atoms with van der Waals surface area (Å²) in [6.07, 6.45) is -0.699. The number of hydrogen-bond acceptors (Lipinski definition) is 4. The van der Waals surface area contributed by atoms with Gasteiger partial charge >= 0.3 is 12.1 Å². The maximum Gasteiger partial charge on any atom is 0.407 e. The second-order valence-electron chi connectivity index (χ2n) is 7.96. The molecule has 0 aromatic heterocycles. The van der Waals surface area contributed by atoms with Crippen molar-refractivity contribution in [3.05, 3.63) is 89.0 Å². The molecule has 0 aliphatic heterocycles. The van der Waals surface area contributed by atoms with Crippen LogP contribution in [0.4, 0.5) is 10.5 Å². The largest absolute Gasteiger partial charge is 0.478 e. The van der Waals surface area contributed by atoms with E-state index in [2.05, 4.69) is 22.8 Å². The number of carbonyl (C=O) groups excluding carboxylic acids is 2. The monoisotopic (exact) mass is 444 g/mol. The second-order valence-corrected chi connectivity index (χ2v) is 7.96. The van der Waals surface area contributed by atoms with Crippen molar-refractivity contribution in [1.82, 2.24) is 5.32 Å². The molecule has 0 unspecified atom stereocenters. The van der Waals surface area contributed by atoms with Gasteiger partial charge in [-0.1, -0.05) is 54.6 Å². The maximum absolute atomic E-state index is 12.5. The number of anilines is 1. The van der Waals surface area contributed by atoms with E-state index in [1.165, 1.54) is 13.0 Å². The Morgan fingerprint density at radius 3 is 2.15 bits per heavy atom. The Bertz CT molecular complexity index is 1190. The fourth-order valence-corrected chi connectivity index (χ4v) is 4.13. The third-order valence-electron chi connectivity index (χ3n) is 5.89. The Balaban J connectivity index is 1.37. The number of ether oxygens (including phenoxy) is 1. The summed E-state index contributed by atoms with van der Waals surface area (Å²) in [5.74, 6) is -1.63. The number of alkyl carbamates (subject to hydrolysis) is 1. The molecule has 3 aromatic carbocycles. The van der Waals surface area contributed by atoms with E-state index in [-0.39, 0.29) is 18.1 Å². The Labute approximate surface area is 191 Å². The van der Waals surface area contributed by atoms with Crippen molar-refractivity contribution in [2.45, 2.75) is 25.8 Å². The predicted molar refractivity (Wildman–Crippen MR) is 124 cm³/mol. The van der Waals surface area contributed by atoms with Crippen LogP contribution in [0.5, 0.6) is 0 Å². The molecule has 0 bridgehead atoms. The molecule has 7 nitrogen and oxygen atoms in total. The lowest BCUT2D eigenvalue weighted by Gasteiger charge is -2.18. The van der Waals surface area contributed by atoms with Crippen LogP contribution in [0.15, 0.2) is 66.7 Å². The number of fused-ring (bicyclic) bond motifs is 3. The molecule has 4 rings (SSSR count). The van der Waals surface area contributed by atoms with E-state index in [1.54, 1.807) is 19.1 Å². The Morgan fingerprint density at radius 2 is 1.55 bits per heavy atom. The van der Waals surface area contributed by atoms with Gasteiger partial charge in [-0.2, -0.15) is 0 Å². The van der Waals surface area contributed by atoms with Crippen molar-refractivity contribution < 1.29 is 24.2 Å². The summed E-state index contributed by atoms with van der Waals surface area (Å²) in [7, 11) is 0. The normalized spacial score (nSPS) is 12.9. The van der Waals surface area contributed by atoms with Gasteiger partial charge in [0.25, 0.3) is 0 Å². The number of amides is 2. The summed E-state index contributed by atoms with van der Waals surface area (Å²) in [5, 5.41) is 14.4. The smallest absolute Gasteiger partial charge is 0.407 e. The maximum atomic E-state index is 12.5. The molecule has 168 valence electrons. The van der Waals surface area contributed by atoms with Gasteiger partial charge in [-0.25, -0.2) is 9.59 Å². The highest BCUT2D eigenvalue weighted by Gasteiger charge is 2.29. The lowest BCUT2D eigenvalue weighted by molar-refractivity contribution is -0.117. The number of carboxylic acids is 1. The highest BCUT2D eigenvalue weighted by Crippen LogP contribution is 2.44. The summed E-state index contributed by atoms with van der Waals surface area (Å²) in [6.45, 7) is 3.30. The number of benzene rings is 3. The van der Waals surface area contributed by atoms with Crippen molar-refractivity contribution in [3.8, 4) is 11.1 Å². The Morgan fingerprint density at radius 1 is 0.939 bits per heavy atom. The number of nitrogens with one attached hydrogen (secondary N) is 2. The van der Waals surface area contributed by atoms with Crippen LogP contribution < -0.4 is 10.6 Å². The first-order valence-electron chi connectivity index (χ1n) is 10.6. The van der Waals surface area contributed by atoms with E-state index in [0.717, 1.165) is 22.3 Å². The molecule has 2 amide bonds. The molecule has 0 spiro atoms. The van der Waals surface area contributed by atoms with Crippen molar-refractivity contribution >= 4 is 23.7 Å². The first-order chi connectivity index (χ1) is 15.9. The molecular weight excluding hydrogens is 420 g/mol. The highest BCUT2D eigenvalue weighted by atomic mass is 16.5. The minimum atomic E-state index is -1.08. The van der Waals surface area contributed by atoms with Crippen LogP contribution in [0.2, 0.25) is 0 Å². The van der Waals surface area contributed by atoms with E-state index in [1.807, 2.05) is 36.4 Å². The third kappa shape index (κ3) is 4.43. The summed E-state index contributed by atoms with van der Waals surface area (Å²) in [4.78, 5) is 36.2. The van der Waals surface area contributed by atoms with Crippen molar-refractivity contribution in [2.75, 3.05) is 11.9 Å². The number of hydrogen-bond donors (Lipinski definition) is 3. The van der Waals surface area contributed by atoms with E-state index in [9.17, 15) is 19.5 Å². The quantitative estimate of drug-likeness (QED) is 0.517. The van der Waals surface area contributed by atoms with E-state index >= 15 is 0 Å². The predicted octanol–water partition coefficient (Wildman–Crippen LogP) is 4.56. The van der Waals surface area contributed by atoms with Gasteiger partial charge in [0.1, 0.15) is 12.6 Å². The fraction of sp³-hybridized carbons (Fsp3) is 0.192. The average molecular weight is 444 g/mol. The lowest BCUT2D eigenvalue weighted by atomic mass is 9.98. The van der Waals surface area contributed by atoms with Gasteiger partial charge in [-0.15, -0.1) is 0 Å².